The van der Waals surface area contributed by atoms with Crippen molar-refractivity contribution in [2.45, 2.75) is 39.2 Å². The number of thiol groups is 1. The van der Waals surface area contributed by atoms with Crippen molar-refractivity contribution >= 4 is 12.6 Å². The highest BCUT2D eigenvalue weighted by Crippen LogP contribution is 2.22. The third-order valence-corrected chi connectivity index (χ3v) is 3.60. The summed E-state index contributed by atoms with van der Waals surface area (Å²) in [7, 11) is 0. The fourth-order valence-electron chi connectivity index (χ4n) is 2.29. The highest BCUT2D eigenvalue weighted by molar-refractivity contribution is 7.79. The third kappa shape index (κ3) is 3.50. The highest BCUT2D eigenvalue weighted by Gasteiger charge is 2.09. The molecule has 0 fully saturated rings. The fraction of sp³-hybridized carbons (Fsp3) is 0.353. The van der Waals surface area contributed by atoms with Crippen molar-refractivity contribution in [2.75, 3.05) is 0 Å². The van der Waals surface area contributed by atoms with Gasteiger partial charge < -0.3 is 9.30 Å². The predicted molar refractivity (Wildman–Crippen MR) is 90.3 cm³/mol. The molecular formula is C17H21NO2S. The molecular weight excluding hydrogens is 282 g/mol. The molecule has 4 heteroatoms. The van der Waals surface area contributed by atoms with Crippen LogP contribution in [0.15, 0.2) is 41.2 Å². The van der Waals surface area contributed by atoms with E-state index in [1.165, 1.54) is 0 Å². The van der Waals surface area contributed by atoms with Crippen LogP contribution in [0.4, 0.5) is 0 Å². The molecule has 0 N–H and O–H groups in total. The minimum absolute atomic E-state index is 0.0347. The van der Waals surface area contributed by atoms with Gasteiger partial charge in [-0.25, -0.2) is 0 Å². The molecule has 0 saturated carbocycles. The Balaban J connectivity index is 2.42. The van der Waals surface area contributed by atoms with Crippen molar-refractivity contribution in [1.82, 2.24) is 4.57 Å². The van der Waals surface area contributed by atoms with Gasteiger partial charge in [-0.05, 0) is 56.7 Å². The summed E-state index contributed by atoms with van der Waals surface area (Å²) >= 11 is 4.20. The maximum absolute atomic E-state index is 12.3. The fourth-order valence-corrected chi connectivity index (χ4v) is 2.53. The molecule has 1 aromatic heterocycles. The molecule has 0 aliphatic carbocycles. The molecule has 0 spiro atoms. The monoisotopic (exact) mass is 303 g/mol. The molecule has 0 bridgehead atoms. The Morgan fingerprint density at radius 3 is 2.33 bits per heavy atom. The molecule has 3 nitrogen and oxygen atoms in total. The van der Waals surface area contributed by atoms with E-state index in [9.17, 15) is 4.79 Å². The SMILES string of the molecule is CCn1c(-c2ccc(OC(C)C)cc2)ccc(CS)c1=O. The zero-order valence-electron chi connectivity index (χ0n) is 12.7. The summed E-state index contributed by atoms with van der Waals surface area (Å²) in [6.45, 7) is 6.61. The Labute approximate surface area is 131 Å². The molecule has 0 unspecified atom stereocenters. The molecule has 112 valence electrons. The van der Waals surface area contributed by atoms with Crippen LogP contribution in [-0.4, -0.2) is 10.7 Å². The molecule has 1 heterocycles. The maximum atomic E-state index is 12.3. The predicted octanol–water partition coefficient (Wildman–Crippen LogP) is 3.75. The first kappa shape index (κ1) is 15.7. The number of aromatic nitrogens is 1. The largest absolute Gasteiger partial charge is 0.491 e. The van der Waals surface area contributed by atoms with E-state index in [2.05, 4.69) is 12.6 Å². The lowest BCUT2D eigenvalue weighted by molar-refractivity contribution is 0.242. The van der Waals surface area contributed by atoms with Crippen LogP contribution in [0.25, 0.3) is 11.3 Å². The van der Waals surface area contributed by atoms with Crippen LogP contribution in [0.2, 0.25) is 0 Å². The number of pyridine rings is 1. The number of benzene rings is 1. The van der Waals surface area contributed by atoms with E-state index in [4.69, 9.17) is 4.74 Å². The van der Waals surface area contributed by atoms with E-state index >= 15 is 0 Å². The van der Waals surface area contributed by atoms with E-state index in [-0.39, 0.29) is 11.7 Å². The number of hydrogen-bond acceptors (Lipinski definition) is 3. The molecule has 2 aromatic rings. The van der Waals surface area contributed by atoms with Gasteiger partial charge in [0.1, 0.15) is 5.75 Å². The van der Waals surface area contributed by atoms with Crippen molar-refractivity contribution in [1.29, 1.82) is 0 Å². The Morgan fingerprint density at radius 1 is 1.14 bits per heavy atom. The first-order valence-electron chi connectivity index (χ1n) is 7.17. The molecule has 21 heavy (non-hydrogen) atoms. The lowest BCUT2D eigenvalue weighted by Crippen LogP contribution is -2.23. The van der Waals surface area contributed by atoms with E-state index in [0.29, 0.717) is 12.3 Å². The van der Waals surface area contributed by atoms with Gasteiger partial charge in [0.2, 0.25) is 0 Å². The van der Waals surface area contributed by atoms with Crippen molar-refractivity contribution in [3.05, 3.63) is 52.3 Å². The summed E-state index contributed by atoms with van der Waals surface area (Å²) in [5, 5.41) is 0. The molecule has 0 atom stereocenters. The van der Waals surface area contributed by atoms with Gasteiger partial charge in [0.25, 0.3) is 5.56 Å². The molecule has 0 amide bonds. The van der Waals surface area contributed by atoms with Crippen LogP contribution in [0, 0.1) is 0 Å². The first-order chi connectivity index (χ1) is 10.1. The standard InChI is InChI=1S/C17H21NO2S/c1-4-18-16(10-7-14(11-21)17(18)19)13-5-8-15(9-6-13)20-12(2)3/h5-10,12,21H,4,11H2,1-3H3. The number of rotatable bonds is 5. The first-order valence-corrected chi connectivity index (χ1v) is 7.80. The van der Waals surface area contributed by atoms with Crippen LogP contribution in [-0.2, 0) is 12.3 Å². The van der Waals surface area contributed by atoms with Crippen molar-refractivity contribution in [2.24, 2.45) is 0 Å². The van der Waals surface area contributed by atoms with E-state index < -0.39 is 0 Å². The van der Waals surface area contributed by atoms with Crippen LogP contribution in [0.1, 0.15) is 26.3 Å². The molecule has 0 saturated heterocycles. The van der Waals surface area contributed by atoms with Crippen LogP contribution >= 0.6 is 12.6 Å². The molecule has 0 aliphatic heterocycles. The Morgan fingerprint density at radius 2 is 1.81 bits per heavy atom. The van der Waals surface area contributed by atoms with Gasteiger partial charge in [-0.1, -0.05) is 6.07 Å². The van der Waals surface area contributed by atoms with Gasteiger partial charge in [-0.15, -0.1) is 0 Å². The summed E-state index contributed by atoms with van der Waals surface area (Å²) in [6.07, 6.45) is 0.152. The summed E-state index contributed by atoms with van der Waals surface area (Å²) in [5.74, 6) is 1.30. The second-order valence-corrected chi connectivity index (χ2v) is 5.46. The molecule has 2 rings (SSSR count). The normalized spacial score (nSPS) is 10.9. The van der Waals surface area contributed by atoms with Crippen LogP contribution in [0.5, 0.6) is 5.75 Å². The summed E-state index contributed by atoms with van der Waals surface area (Å²) in [4.78, 5) is 12.3. The Kier molecular flexibility index (Phi) is 5.12. The zero-order valence-corrected chi connectivity index (χ0v) is 13.6. The van der Waals surface area contributed by atoms with Gasteiger partial charge in [0.15, 0.2) is 0 Å². The number of hydrogen-bond donors (Lipinski definition) is 1. The van der Waals surface area contributed by atoms with Gasteiger partial charge in [0, 0.05) is 17.9 Å². The number of nitrogens with zero attached hydrogens (tertiary/aromatic N) is 1. The Bertz CT molecular complexity index is 659. The average molecular weight is 303 g/mol. The van der Waals surface area contributed by atoms with Crippen molar-refractivity contribution in [3.63, 3.8) is 0 Å². The summed E-state index contributed by atoms with van der Waals surface area (Å²) < 4.78 is 7.42. The molecule has 0 aliphatic rings. The van der Waals surface area contributed by atoms with Gasteiger partial charge in [-0.3, -0.25) is 4.79 Å². The average Bonchev–Trinajstić information content (AvgIpc) is 2.47. The second-order valence-electron chi connectivity index (χ2n) is 5.14. The Hall–Kier alpha value is -1.68. The zero-order chi connectivity index (χ0) is 15.4. The lowest BCUT2D eigenvalue weighted by atomic mass is 10.1. The summed E-state index contributed by atoms with van der Waals surface area (Å²) in [5.41, 5.74) is 2.69. The van der Waals surface area contributed by atoms with Crippen molar-refractivity contribution in [3.8, 4) is 17.0 Å². The smallest absolute Gasteiger partial charge is 0.255 e. The van der Waals surface area contributed by atoms with E-state index in [1.54, 1.807) is 4.57 Å². The van der Waals surface area contributed by atoms with Crippen molar-refractivity contribution < 1.29 is 4.74 Å². The topological polar surface area (TPSA) is 31.2 Å². The minimum Gasteiger partial charge on any atom is -0.491 e. The maximum Gasteiger partial charge on any atom is 0.255 e. The van der Waals surface area contributed by atoms with Crippen LogP contribution < -0.4 is 10.3 Å². The number of ether oxygens (including phenoxy) is 1. The van der Waals surface area contributed by atoms with Gasteiger partial charge >= 0.3 is 0 Å². The third-order valence-electron chi connectivity index (χ3n) is 3.26. The lowest BCUT2D eigenvalue weighted by Gasteiger charge is -2.14. The minimum atomic E-state index is 0.0347. The quantitative estimate of drug-likeness (QED) is 0.853. The summed E-state index contributed by atoms with van der Waals surface area (Å²) in [6, 6.07) is 11.7. The van der Waals surface area contributed by atoms with E-state index in [0.717, 1.165) is 22.6 Å². The van der Waals surface area contributed by atoms with Gasteiger partial charge in [0.05, 0.1) is 11.8 Å². The van der Waals surface area contributed by atoms with Gasteiger partial charge in [-0.2, -0.15) is 12.6 Å². The highest BCUT2D eigenvalue weighted by atomic mass is 32.1. The van der Waals surface area contributed by atoms with Crippen LogP contribution in [0.3, 0.4) is 0 Å². The second kappa shape index (κ2) is 6.85. The molecule has 0 radical (unpaired) electrons. The van der Waals surface area contributed by atoms with E-state index in [1.807, 2.05) is 57.2 Å². The molecule has 1 aromatic carbocycles.